The van der Waals surface area contributed by atoms with E-state index in [9.17, 15) is 0 Å². The summed E-state index contributed by atoms with van der Waals surface area (Å²) in [6.45, 7) is 4.19. The number of rotatable bonds is 8. The van der Waals surface area contributed by atoms with E-state index < -0.39 is 0 Å². The van der Waals surface area contributed by atoms with Crippen LogP contribution in [0.5, 0.6) is 5.75 Å². The highest BCUT2D eigenvalue weighted by atomic mass is 35.5. The number of pyridine rings is 1. The normalized spacial score (nSPS) is 10.4. The molecule has 0 atom stereocenters. The van der Waals surface area contributed by atoms with Crippen molar-refractivity contribution in [2.75, 3.05) is 25.1 Å². The molecule has 0 saturated carbocycles. The molecule has 0 aliphatic carbocycles. The van der Waals surface area contributed by atoms with Crippen molar-refractivity contribution < 1.29 is 9.47 Å². The van der Waals surface area contributed by atoms with Crippen molar-refractivity contribution in [2.24, 2.45) is 0 Å². The molecule has 0 radical (unpaired) electrons. The number of hydrogen-bond donors (Lipinski definition) is 1. The van der Waals surface area contributed by atoms with Gasteiger partial charge >= 0.3 is 0 Å². The molecule has 5 heteroatoms. The van der Waals surface area contributed by atoms with E-state index in [1.165, 1.54) is 0 Å². The predicted octanol–water partition coefficient (Wildman–Crippen LogP) is 3.76. The van der Waals surface area contributed by atoms with Crippen molar-refractivity contribution in [3.8, 4) is 5.75 Å². The van der Waals surface area contributed by atoms with E-state index in [2.05, 4.69) is 10.3 Å². The van der Waals surface area contributed by atoms with Crippen LogP contribution in [0.15, 0.2) is 42.5 Å². The fourth-order valence-corrected chi connectivity index (χ4v) is 1.93. The van der Waals surface area contributed by atoms with E-state index in [1.807, 2.05) is 49.4 Å². The Labute approximate surface area is 130 Å². The second-order valence-electron chi connectivity index (χ2n) is 4.37. The molecular weight excluding hydrogens is 288 g/mol. The monoisotopic (exact) mass is 306 g/mol. The Morgan fingerprint density at radius 2 is 1.90 bits per heavy atom. The Bertz CT molecular complexity index is 549. The van der Waals surface area contributed by atoms with Gasteiger partial charge < -0.3 is 14.8 Å². The molecule has 0 fully saturated rings. The van der Waals surface area contributed by atoms with Gasteiger partial charge in [0.05, 0.1) is 23.9 Å². The number of halogens is 1. The average molecular weight is 307 g/mol. The molecule has 0 amide bonds. The van der Waals surface area contributed by atoms with E-state index in [0.29, 0.717) is 24.8 Å². The zero-order valence-corrected chi connectivity index (χ0v) is 12.8. The number of nitrogens with zero attached hydrogens (tertiary/aromatic N) is 1. The minimum Gasteiger partial charge on any atom is -0.491 e. The topological polar surface area (TPSA) is 43.4 Å². The number of nitrogens with one attached hydrogen (secondary N) is 1. The second kappa shape index (κ2) is 8.49. The maximum Gasteiger partial charge on any atom is 0.126 e. The summed E-state index contributed by atoms with van der Waals surface area (Å²) in [4.78, 5) is 4.41. The lowest BCUT2D eigenvalue weighted by Gasteiger charge is -2.09. The summed E-state index contributed by atoms with van der Waals surface area (Å²) in [7, 11) is 0. The highest BCUT2D eigenvalue weighted by Gasteiger charge is 2.04. The molecule has 1 heterocycles. The van der Waals surface area contributed by atoms with Crippen molar-refractivity contribution in [1.82, 2.24) is 4.98 Å². The minimum atomic E-state index is 0.371. The number of aromatic nitrogens is 1. The van der Waals surface area contributed by atoms with E-state index in [-0.39, 0.29) is 0 Å². The third-order valence-corrected chi connectivity index (χ3v) is 3.10. The Kier molecular flexibility index (Phi) is 6.31. The van der Waals surface area contributed by atoms with Gasteiger partial charge in [-0.05, 0) is 31.2 Å². The number of para-hydroxylation sites is 1. The van der Waals surface area contributed by atoms with Crippen LogP contribution in [0.3, 0.4) is 0 Å². The second-order valence-corrected chi connectivity index (χ2v) is 4.78. The van der Waals surface area contributed by atoms with Crippen LogP contribution < -0.4 is 10.1 Å². The number of ether oxygens (including phenoxy) is 2. The van der Waals surface area contributed by atoms with Crippen LogP contribution in [-0.4, -0.2) is 24.7 Å². The van der Waals surface area contributed by atoms with Crippen molar-refractivity contribution in [3.63, 3.8) is 0 Å². The molecule has 2 aromatic rings. The summed E-state index contributed by atoms with van der Waals surface area (Å²) in [6.07, 6.45) is 0. The molecule has 0 aliphatic heterocycles. The van der Waals surface area contributed by atoms with E-state index in [0.717, 1.165) is 23.8 Å². The molecular formula is C16H19ClN2O2. The summed E-state index contributed by atoms with van der Waals surface area (Å²) in [5.41, 5.74) is 0.731. The van der Waals surface area contributed by atoms with Crippen molar-refractivity contribution in [2.45, 2.75) is 13.5 Å². The van der Waals surface area contributed by atoms with Crippen molar-refractivity contribution in [1.29, 1.82) is 0 Å². The molecule has 0 unspecified atom stereocenters. The first-order chi connectivity index (χ1) is 10.3. The van der Waals surface area contributed by atoms with Gasteiger partial charge in [0, 0.05) is 6.54 Å². The third-order valence-electron chi connectivity index (χ3n) is 2.75. The predicted molar refractivity (Wildman–Crippen MR) is 85.0 cm³/mol. The fourth-order valence-electron chi connectivity index (χ4n) is 1.77. The van der Waals surface area contributed by atoms with Gasteiger partial charge in [-0.25, -0.2) is 4.98 Å². The van der Waals surface area contributed by atoms with Crippen LogP contribution in [0.1, 0.15) is 12.6 Å². The van der Waals surface area contributed by atoms with Gasteiger partial charge in [-0.2, -0.15) is 0 Å². The van der Waals surface area contributed by atoms with Crippen LogP contribution in [-0.2, 0) is 11.3 Å². The molecule has 112 valence electrons. The number of anilines is 1. The quantitative estimate of drug-likeness (QED) is 0.754. The Hall–Kier alpha value is -1.78. The molecule has 1 aromatic carbocycles. The molecule has 1 N–H and O–H groups in total. The van der Waals surface area contributed by atoms with Crippen LogP contribution >= 0.6 is 11.6 Å². The highest BCUT2D eigenvalue weighted by Crippen LogP contribution is 2.17. The maximum atomic E-state index is 6.10. The molecule has 0 saturated heterocycles. The van der Waals surface area contributed by atoms with Crippen LogP contribution in [0.2, 0.25) is 5.02 Å². The van der Waals surface area contributed by atoms with Gasteiger partial charge in [-0.3, -0.25) is 0 Å². The molecule has 1 aromatic heterocycles. The summed E-state index contributed by atoms with van der Waals surface area (Å²) in [5, 5.41) is 3.76. The molecule has 0 spiro atoms. The summed E-state index contributed by atoms with van der Waals surface area (Å²) >= 11 is 6.10. The average Bonchev–Trinajstić information content (AvgIpc) is 2.51. The summed E-state index contributed by atoms with van der Waals surface area (Å²) < 4.78 is 11.1. The lowest BCUT2D eigenvalue weighted by atomic mass is 10.3. The zero-order chi connectivity index (χ0) is 14.9. The summed E-state index contributed by atoms with van der Waals surface area (Å²) in [5.74, 6) is 1.65. The number of hydrogen-bond acceptors (Lipinski definition) is 4. The first kappa shape index (κ1) is 15.6. The Morgan fingerprint density at radius 3 is 2.67 bits per heavy atom. The first-order valence-electron chi connectivity index (χ1n) is 6.94. The Balaban J connectivity index is 1.74. The smallest absolute Gasteiger partial charge is 0.126 e. The fraction of sp³-hybridized carbons (Fsp3) is 0.312. The van der Waals surface area contributed by atoms with Crippen LogP contribution in [0.25, 0.3) is 0 Å². The third kappa shape index (κ3) is 5.25. The molecule has 4 nitrogen and oxygen atoms in total. The highest BCUT2D eigenvalue weighted by molar-refractivity contribution is 6.31. The molecule has 0 bridgehead atoms. The van der Waals surface area contributed by atoms with E-state index in [4.69, 9.17) is 21.1 Å². The van der Waals surface area contributed by atoms with E-state index in [1.54, 1.807) is 0 Å². The lowest BCUT2D eigenvalue weighted by molar-refractivity contribution is 0.0871. The maximum absolute atomic E-state index is 6.10. The van der Waals surface area contributed by atoms with Gasteiger partial charge in [0.25, 0.3) is 0 Å². The minimum absolute atomic E-state index is 0.371. The first-order valence-corrected chi connectivity index (χ1v) is 7.32. The number of benzene rings is 1. The van der Waals surface area contributed by atoms with Gasteiger partial charge in [-0.15, -0.1) is 0 Å². The summed E-state index contributed by atoms with van der Waals surface area (Å²) in [6, 6.07) is 13.3. The molecule has 2 rings (SSSR count). The molecule has 21 heavy (non-hydrogen) atoms. The Morgan fingerprint density at radius 1 is 1.10 bits per heavy atom. The standard InChI is InChI=1S/C16H19ClN2O2/c1-2-18-16-9-8-14(17)15(19-16)12-20-10-11-21-13-6-4-3-5-7-13/h3-9H,2,10-12H2,1H3,(H,18,19). The van der Waals surface area contributed by atoms with Crippen molar-refractivity contribution in [3.05, 3.63) is 53.2 Å². The largest absolute Gasteiger partial charge is 0.491 e. The van der Waals surface area contributed by atoms with Gasteiger partial charge in [-0.1, -0.05) is 29.8 Å². The van der Waals surface area contributed by atoms with Gasteiger partial charge in [0.15, 0.2) is 0 Å². The molecule has 0 aliphatic rings. The zero-order valence-electron chi connectivity index (χ0n) is 12.0. The SMILES string of the molecule is CCNc1ccc(Cl)c(COCCOc2ccccc2)n1. The van der Waals surface area contributed by atoms with Gasteiger partial charge in [0.2, 0.25) is 0 Å². The van der Waals surface area contributed by atoms with E-state index >= 15 is 0 Å². The van der Waals surface area contributed by atoms with Crippen LogP contribution in [0, 0.1) is 0 Å². The lowest BCUT2D eigenvalue weighted by Crippen LogP contribution is -2.08. The van der Waals surface area contributed by atoms with Crippen LogP contribution in [0.4, 0.5) is 5.82 Å². The van der Waals surface area contributed by atoms with Crippen molar-refractivity contribution >= 4 is 17.4 Å². The van der Waals surface area contributed by atoms with Gasteiger partial charge in [0.1, 0.15) is 18.2 Å².